The van der Waals surface area contributed by atoms with Crippen LogP contribution in [-0.2, 0) is 14.4 Å². The Kier molecular flexibility index (Phi) is 6.49. The summed E-state index contributed by atoms with van der Waals surface area (Å²) in [7, 11) is 0. The van der Waals surface area contributed by atoms with Crippen LogP contribution in [0.25, 0.3) is 0 Å². The van der Waals surface area contributed by atoms with E-state index >= 15 is 0 Å². The molecule has 6 heteroatoms. The molecule has 0 heterocycles. The van der Waals surface area contributed by atoms with Crippen molar-refractivity contribution < 1.29 is 19.5 Å². The number of amides is 2. The predicted octanol–water partition coefficient (Wildman–Crippen LogP) is 0.578. The number of aliphatic carboxylic acids is 1. The molecule has 0 saturated carbocycles. The summed E-state index contributed by atoms with van der Waals surface area (Å²) < 4.78 is 0. The van der Waals surface area contributed by atoms with Gasteiger partial charge in [-0.2, -0.15) is 0 Å². The van der Waals surface area contributed by atoms with Crippen LogP contribution in [0.2, 0.25) is 0 Å². The molecule has 0 spiro atoms. The van der Waals surface area contributed by atoms with Gasteiger partial charge in [0.2, 0.25) is 11.8 Å². The highest BCUT2D eigenvalue weighted by Crippen LogP contribution is 2.24. The van der Waals surface area contributed by atoms with Crippen LogP contribution in [0.15, 0.2) is 60.7 Å². The molecule has 0 aliphatic rings. The van der Waals surface area contributed by atoms with E-state index in [0.29, 0.717) is 0 Å². The molecule has 26 heavy (non-hydrogen) atoms. The summed E-state index contributed by atoms with van der Waals surface area (Å²) in [6.07, 6.45) is 0. The van der Waals surface area contributed by atoms with Gasteiger partial charge >= 0.3 is 0 Å². The van der Waals surface area contributed by atoms with Crippen molar-refractivity contribution in [2.45, 2.75) is 31.8 Å². The van der Waals surface area contributed by atoms with Gasteiger partial charge in [0, 0.05) is 0 Å². The van der Waals surface area contributed by atoms with Crippen molar-refractivity contribution in [2.75, 3.05) is 0 Å². The molecule has 2 aromatic carbocycles. The van der Waals surface area contributed by atoms with E-state index in [4.69, 9.17) is 0 Å². The standard InChI is InChI=1S/C20H22N2O4/c1-13(18(23)22-14(2)20(25)26)21-19(24)17(15-9-5-3-6-10-15)16-11-7-4-8-12-16/h3-14,17H,1-2H3,(H,21,24)(H,22,23)(H,25,26)/p-1/t13-,14-/m1/s1. The molecular formula is C20H21N2O4-. The Bertz CT molecular complexity index is 722. The number of carboxylic acid groups (broad SMARTS) is 1. The molecule has 6 nitrogen and oxygen atoms in total. The summed E-state index contributed by atoms with van der Waals surface area (Å²) in [5.41, 5.74) is 1.60. The van der Waals surface area contributed by atoms with Crippen LogP contribution in [0.4, 0.5) is 0 Å². The quantitative estimate of drug-likeness (QED) is 0.761. The smallest absolute Gasteiger partial charge is 0.242 e. The first-order valence-corrected chi connectivity index (χ1v) is 8.31. The maximum Gasteiger partial charge on any atom is 0.242 e. The summed E-state index contributed by atoms with van der Waals surface area (Å²) in [6, 6.07) is 16.5. The van der Waals surface area contributed by atoms with Gasteiger partial charge in [-0.15, -0.1) is 0 Å². The van der Waals surface area contributed by atoms with Gasteiger partial charge in [0.05, 0.1) is 17.9 Å². The highest BCUT2D eigenvalue weighted by Gasteiger charge is 2.26. The van der Waals surface area contributed by atoms with E-state index in [1.165, 1.54) is 13.8 Å². The number of hydrogen-bond donors (Lipinski definition) is 2. The maximum absolute atomic E-state index is 12.9. The monoisotopic (exact) mass is 353 g/mol. The third kappa shape index (κ3) is 4.92. The van der Waals surface area contributed by atoms with Crippen molar-refractivity contribution in [3.05, 3.63) is 71.8 Å². The van der Waals surface area contributed by atoms with Gasteiger partial charge in [0.25, 0.3) is 0 Å². The second-order valence-electron chi connectivity index (χ2n) is 6.03. The lowest BCUT2D eigenvalue weighted by atomic mass is 9.90. The number of hydrogen-bond acceptors (Lipinski definition) is 4. The van der Waals surface area contributed by atoms with Gasteiger partial charge in [-0.25, -0.2) is 0 Å². The van der Waals surface area contributed by atoms with Gasteiger partial charge in [-0.05, 0) is 25.0 Å². The Morgan fingerprint density at radius 1 is 0.731 bits per heavy atom. The molecule has 0 aromatic heterocycles. The second kappa shape index (κ2) is 8.80. The van der Waals surface area contributed by atoms with Crippen LogP contribution < -0.4 is 15.7 Å². The normalized spacial score (nSPS) is 12.9. The summed E-state index contributed by atoms with van der Waals surface area (Å²) >= 11 is 0. The van der Waals surface area contributed by atoms with Crippen molar-refractivity contribution in [2.24, 2.45) is 0 Å². The number of nitrogens with one attached hydrogen (secondary N) is 2. The van der Waals surface area contributed by atoms with E-state index in [1.807, 2.05) is 60.7 Å². The van der Waals surface area contributed by atoms with Gasteiger partial charge in [-0.3, -0.25) is 9.59 Å². The maximum atomic E-state index is 12.9. The third-order valence-electron chi connectivity index (χ3n) is 3.99. The molecule has 2 aromatic rings. The van der Waals surface area contributed by atoms with Crippen molar-refractivity contribution in [1.82, 2.24) is 10.6 Å². The van der Waals surface area contributed by atoms with Crippen molar-refractivity contribution in [3.63, 3.8) is 0 Å². The topological polar surface area (TPSA) is 98.3 Å². The Labute approximate surface area is 152 Å². The fraction of sp³-hybridized carbons (Fsp3) is 0.250. The lowest BCUT2D eigenvalue weighted by Crippen LogP contribution is -2.52. The molecule has 2 rings (SSSR count). The molecule has 2 atom stereocenters. The third-order valence-corrected chi connectivity index (χ3v) is 3.99. The molecule has 136 valence electrons. The first kappa shape index (κ1) is 19.2. The minimum absolute atomic E-state index is 0.342. The number of carboxylic acids is 1. The first-order valence-electron chi connectivity index (χ1n) is 8.31. The summed E-state index contributed by atoms with van der Waals surface area (Å²) in [5.74, 6) is -2.89. The van der Waals surface area contributed by atoms with E-state index in [-0.39, 0.29) is 5.91 Å². The fourth-order valence-electron chi connectivity index (χ4n) is 2.55. The van der Waals surface area contributed by atoms with Gasteiger partial charge in [0.15, 0.2) is 0 Å². The number of rotatable bonds is 7. The number of carbonyl (C=O) groups excluding carboxylic acids is 3. The van der Waals surface area contributed by atoms with Crippen LogP contribution in [0.1, 0.15) is 30.9 Å². The van der Waals surface area contributed by atoms with Gasteiger partial charge in [-0.1, -0.05) is 60.7 Å². The van der Waals surface area contributed by atoms with E-state index in [9.17, 15) is 19.5 Å². The molecule has 0 unspecified atom stereocenters. The fourth-order valence-corrected chi connectivity index (χ4v) is 2.55. The summed E-state index contributed by atoms with van der Waals surface area (Å²) in [5, 5.41) is 15.7. The van der Waals surface area contributed by atoms with Crippen LogP contribution in [0.5, 0.6) is 0 Å². The van der Waals surface area contributed by atoms with E-state index in [2.05, 4.69) is 10.6 Å². The Morgan fingerprint density at radius 2 is 1.15 bits per heavy atom. The zero-order chi connectivity index (χ0) is 19.1. The lowest BCUT2D eigenvalue weighted by molar-refractivity contribution is -0.307. The van der Waals surface area contributed by atoms with Crippen molar-refractivity contribution in [1.29, 1.82) is 0 Å². The highest BCUT2D eigenvalue weighted by molar-refractivity contribution is 5.93. The van der Waals surface area contributed by atoms with E-state index in [1.54, 1.807) is 0 Å². The molecule has 0 saturated heterocycles. The highest BCUT2D eigenvalue weighted by atomic mass is 16.4. The average molecular weight is 353 g/mol. The predicted molar refractivity (Wildman–Crippen MR) is 94.9 cm³/mol. The van der Waals surface area contributed by atoms with Gasteiger partial charge in [0.1, 0.15) is 6.04 Å². The molecule has 0 bridgehead atoms. The SMILES string of the molecule is C[C@@H](NC(=O)[C@@H](C)NC(=O)C(c1ccccc1)c1ccccc1)C(=O)[O-]. The minimum atomic E-state index is -1.39. The zero-order valence-electron chi connectivity index (χ0n) is 14.6. The second-order valence-corrected chi connectivity index (χ2v) is 6.03. The average Bonchev–Trinajstić information content (AvgIpc) is 2.63. The van der Waals surface area contributed by atoms with Crippen LogP contribution >= 0.6 is 0 Å². The largest absolute Gasteiger partial charge is 0.548 e. The molecule has 0 aliphatic carbocycles. The van der Waals surface area contributed by atoms with Crippen molar-refractivity contribution >= 4 is 17.8 Å². The Balaban J connectivity index is 2.17. The molecule has 0 fully saturated rings. The van der Waals surface area contributed by atoms with Crippen molar-refractivity contribution in [3.8, 4) is 0 Å². The molecular weight excluding hydrogens is 332 g/mol. The zero-order valence-corrected chi connectivity index (χ0v) is 14.6. The number of carbonyl (C=O) groups is 3. The Morgan fingerprint density at radius 3 is 1.58 bits per heavy atom. The molecule has 2 amide bonds. The van der Waals surface area contributed by atoms with E-state index < -0.39 is 29.9 Å². The van der Waals surface area contributed by atoms with E-state index in [0.717, 1.165) is 11.1 Å². The van der Waals surface area contributed by atoms with Crippen LogP contribution in [0.3, 0.4) is 0 Å². The first-order chi connectivity index (χ1) is 12.4. The minimum Gasteiger partial charge on any atom is -0.548 e. The van der Waals surface area contributed by atoms with Crippen LogP contribution in [-0.4, -0.2) is 29.9 Å². The molecule has 0 radical (unpaired) electrons. The Hall–Kier alpha value is -3.15. The lowest BCUT2D eigenvalue weighted by Gasteiger charge is -2.22. The molecule has 2 N–H and O–H groups in total. The van der Waals surface area contributed by atoms with Crippen LogP contribution in [0, 0.1) is 0 Å². The van der Waals surface area contributed by atoms with Gasteiger partial charge < -0.3 is 20.5 Å². The molecule has 0 aliphatic heterocycles. The summed E-state index contributed by atoms with van der Waals surface area (Å²) in [6.45, 7) is 2.81. The number of benzene rings is 2. The summed E-state index contributed by atoms with van der Waals surface area (Å²) in [4.78, 5) is 35.7.